The molecule has 0 radical (unpaired) electrons. The Kier molecular flexibility index (Phi) is 15.6. The van der Waals surface area contributed by atoms with Gasteiger partial charge in [-0.1, -0.05) is 74.2 Å². The Morgan fingerprint density at radius 1 is 0.978 bits per heavy atom. The maximum Gasteiger partial charge on any atom is 0.184 e. The van der Waals surface area contributed by atoms with E-state index in [-0.39, 0.29) is 18.7 Å². The minimum absolute atomic E-state index is 0. The molecule has 1 heterocycles. The molecule has 0 saturated carbocycles. The molecule has 45 heavy (non-hydrogen) atoms. The average molecular weight is 646 g/mol. The molecular formula is C33H45N2O9S-. The predicted molar refractivity (Wildman–Crippen MR) is 173 cm³/mol. The first-order valence-electron chi connectivity index (χ1n) is 14.2. The number of aliphatic hydroxyl groups excluding tert-OH is 5. The zero-order chi connectivity index (χ0) is 32.1. The highest BCUT2D eigenvalue weighted by Gasteiger charge is 2.31. The van der Waals surface area contributed by atoms with Gasteiger partial charge in [0, 0.05) is 18.8 Å². The van der Waals surface area contributed by atoms with Gasteiger partial charge in [0.2, 0.25) is 0 Å². The standard InChI is InChI=1S/C26H27NO4S.C6H15NO5.CH4/c1-26(20-9-4-2-5-10-20,21-11-6-3-7-12-21)32-18-16-27-15-17-30-25-22(27)13-8-14-23(25)31-19-24(28)29;7-1-3(9)5(11)6(12)4(10)2-8;/h2-14H,15-19H2,1H3,(H,28,29);3-6,8-12H,1-2,7H2;1H4/p-1. The Bertz CT molecular complexity index is 1230. The number of carbonyl (C=O) groups excluding carboxylic acids is 1. The third kappa shape index (κ3) is 10.3. The molecule has 12 heteroatoms. The van der Waals surface area contributed by atoms with Crippen LogP contribution in [-0.4, -0.2) is 101 Å². The van der Waals surface area contributed by atoms with Crippen LogP contribution in [0.3, 0.4) is 0 Å². The number of thioether (sulfide) groups is 1. The maximum atomic E-state index is 10.8. The van der Waals surface area contributed by atoms with Gasteiger partial charge in [0.05, 0.1) is 35.7 Å². The van der Waals surface area contributed by atoms with Gasteiger partial charge in [0.25, 0.3) is 0 Å². The highest BCUT2D eigenvalue weighted by Crippen LogP contribution is 2.44. The van der Waals surface area contributed by atoms with Crippen LogP contribution >= 0.6 is 11.8 Å². The van der Waals surface area contributed by atoms with E-state index in [0.717, 1.165) is 24.5 Å². The number of rotatable bonds is 14. The lowest BCUT2D eigenvalue weighted by Gasteiger charge is -2.34. The summed E-state index contributed by atoms with van der Waals surface area (Å²) in [6.45, 7) is 3.00. The van der Waals surface area contributed by atoms with Gasteiger partial charge in [-0.3, -0.25) is 0 Å². The molecule has 1 aliphatic heterocycles. The maximum absolute atomic E-state index is 10.8. The Morgan fingerprint density at radius 3 is 2.09 bits per heavy atom. The van der Waals surface area contributed by atoms with Crippen molar-refractivity contribution in [1.82, 2.24) is 0 Å². The molecular weight excluding hydrogens is 600 g/mol. The summed E-state index contributed by atoms with van der Waals surface area (Å²) in [5.74, 6) is 0.679. The first-order chi connectivity index (χ1) is 21.1. The quantitative estimate of drug-likeness (QED) is 0.144. The van der Waals surface area contributed by atoms with Crippen molar-refractivity contribution in [2.45, 2.75) is 43.5 Å². The molecule has 248 valence electrons. The molecule has 0 aromatic heterocycles. The van der Waals surface area contributed by atoms with Crippen molar-refractivity contribution in [3.05, 3.63) is 90.0 Å². The first kappa shape index (κ1) is 37.8. The van der Waals surface area contributed by atoms with Crippen molar-refractivity contribution in [2.24, 2.45) is 5.73 Å². The van der Waals surface area contributed by atoms with Crippen LogP contribution in [0.4, 0.5) is 5.69 Å². The molecule has 11 nitrogen and oxygen atoms in total. The van der Waals surface area contributed by atoms with Gasteiger partial charge in [-0.15, -0.1) is 11.8 Å². The number of aliphatic carboxylic acids is 1. The van der Waals surface area contributed by atoms with Gasteiger partial charge in [0.1, 0.15) is 31.5 Å². The van der Waals surface area contributed by atoms with Crippen LogP contribution in [0, 0.1) is 0 Å². The van der Waals surface area contributed by atoms with Crippen molar-refractivity contribution in [2.75, 3.05) is 50.1 Å². The van der Waals surface area contributed by atoms with Crippen LogP contribution in [0.25, 0.3) is 0 Å². The van der Waals surface area contributed by atoms with Crippen molar-refractivity contribution in [1.29, 1.82) is 0 Å². The van der Waals surface area contributed by atoms with Crippen LogP contribution in [-0.2, 0) is 9.54 Å². The number of nitrogens with two attached hydrogens (primary N) is 1. The molecule has 4 rings (SSSR count). The van der Waals surface area contributed by atoms with Crippen molar-refractivity contribution in [3.63, 3.8) is 0 Å². The Hall–Kier alpha value is -3.36. The van der Waals surface area contributed by atoms with Crippen LogP contribution < -0.4 is 25.2 Å². The smallest absolute Gasteiger partial charge is 0.184 e. The summed E-state index contributed by atoms with van der Waals surface area (Å²) in [5, 5.41) is 55.0. The van der Waals surface area contributed by atoms with Gasteiger partial charge in [-0.2, -0.15) is 0 Å². The van der Waals surface area contributed by atoms with Crippen molar-refractivity contribution in [3.8, 4) is 11.5 Å². The number of carbonyl (C=O) groups is 1. The second-order valence-electron chi connectivity index (χ2n) is 10.2. The number of carboxylic acids is 1. The molecule has 7 N–H and O–H groups in total. The third-order valence-corrected chi connectivity index (χ3v) is 8.66. The summed E-state index contributed by atoms with van der Waals surface area (Å²) in [7, 11) is 0. The Morgan fingerprint density at radius 2 is 1.56 bits per heavy atom. The lowest BCUT2D eigenvalue weighted by atomic mass is 9.92. The molecule has 1 aliphatic rings. The molecule has 0 fully saturated rings. The number of benzene rings is 3. The van der Waals surface area contributed by atoms with Crippen LogP contribution in [0.15, 0.2) is 78.9 Å². The number of ether oxygens (including phenoxy) is 2. The molecule has 0 saturated heterocycles. The van der Waals surface area contributed by atoms with Gasteiger partial charge in [-0.25, -0.2) is 0 Å². The molecule has 0 aliphatic carbocycles. The predicted octanol–water partition coefficient (Wildman–Crippen LogP) is 0.728. The van der Waals surface area contributed by atoms with E-state index >= 15 is 0 Å². The number of para-hydroxylation sites is 1. The number of aliphatic hydroxyl groups is 5. The lowest BCUT2D eigenvalue weighted by Crippen LogP contribution is -2.48. The minimum Gasteiger partial charge on any atom is -0.546 e. The molecule has 0 bridgehead atoms. The van der Waals surface area contributed by atoms with Crippen LogP contribution in [0.2, 0.25) is 0 Å². The first-order valence-corrected chi connectivity index (χ1v) is 15.2. The largest absolute Gasteiger partial charge is 0.546 e. The Labute approximate surface area is 268 Å². The summed E-state index contributed by atoms with van der Waals surface area (Å²) in [6, 6.07) is 26.7. The van der Waals surface area contributed by atoms with E-state index < -0.39 is 43.6 Å². The summed E-state index contributed by atoms with van der Waals surface area (Å²) in [4.78, 5) is 13.1. The molecule has 4 unspecified atom stereocenters. The van der Waals surface area contributed by atoms with Crippen LogP contribution in [0.5, 0.6) is 11.5 Å². The van der Waals surface area contributed by atoms with Crippen molar-refractivity contribution < 1.29 is 44.9 Å². The van der Waals surface area contributed by atoms with Gasteiger partial charge >= 0.3 is 0 Å². The van der Waals surface area contributed by atoms with Gasteiger partial charge < -0.3 is 55.5 Å². The highest BCUT2D eigenvalue weighted by atomic mass is 32.2. The number of carboxylic acid groups (broad SMARTS) is 1. The van der Waals surface area contributed by atoms with E-state index in [1.165, 1.54) is 11.1 Å². The fourth-order valence-electron chi connectivity index (χ4n) is 4.67. The normalized spacial score (nSPS) is 15.1. The molecule has 0 spiro atoms. The summed E-state index contributed by atoms with van der Waals surface area (Å²) in [6.07, 6.45) is -5.91. The van der Waals surface area contributed by atoms with E-state index in [4.69, 9.17) is 40.7 Å². The number of nitrogens with zero attached hydrogens (tertiary/aromatic N) is 1. The van der Waals surface area contributed by atoms with E-state index in [1.807, 2.05) is 36.0 Å². The molecule has 3 aromatic rings. The average Bonchev–Trinajstić information content (AvgIpc) is 3.06. The Balaban J connectivity index is 0.000000464. The van der Waals surface area contributed by atoms with E-state index in [9.17, 15) is 9.90 Å². The summed E-state index contributed by atoms with van der Waals surface area (Å²) >= 11 is 1.92. The van der Waals surface area contributed by atoms with Gasteiger partial charge in [0.15, 0.2) is 11.5 Å². The number of hydrogen-bond acceptors (Lipinski definition) is 12. The SMILES string of the molecule is C.CC(SCCN1CCOc2c(OCC(=O)[O-])cccc21)(c1ccccc1)c1ccccc1.NCC(O)C(O)C(O)C(O)CO. The van der Waals surface area contributed by atoms with Crippen LogP contribution in [0.1, 0.15) is 25.5 Å². The van der Waals surface area contributed by atoms with E-state index in [2.05, 4.69) is 60.4 Å². The fraction of sp³-hybridized carbons (Fsp3) is 0.424. The molecule has 4 atom stereocenters. The van der Waals surface area contributed by atoms with Gasteiger partial charge in [-0.05, 0) is 30.2 Å². The second-order valence-corrected chi connectivity index (χ2v) is 11.8. The topological polar surface area (TPSA) is 189 Å². The van der Waals surface area contributed by atoms with Crippen molar-refractivity contribution >= 4 is 23.4 Å². The highest BCUT2D eigenvalue weighted by molar-refractivity contribution is 8.00. The minimum atomic E-state index is -1.59. The summed E-state index contributed by atoms with van der Waals surface area (Å²) in [5.41, 5.74) is 8.46. The summed E-state index contributed by atoms with van der Waals surface area (Å²) < 4.78 is 11.0. The molecule has 3 aromatic carbocycles. The number of fused-ring (bicyclic) bond motifs is 1. The monoisotopic (exact) mass is 645 g/mol. The van der Waals surface area contributed by atoms with E-state index in [0.29, 0.717) is 18.1 Å². The van der Waals surface area contributed by atoms with E-state index in [1.54, 1.807) is 6.07 Å². The number of anilines is 1. The fourth-order valence-corrected chi connectivity index (χ4v) is 5.99. The number of hydrogen-bond donors (Lipinski definition) is 6. The third-order valence-electron chi connectivity index (χ3n) is 7.22. The zero-order valence-corrected chi connectivity index (χ0v) is 25.4. The second kappa shape index (κ2) is 18.6. The lowest BCUT2D eigenvalue weighted by molar-refractivity contribution is -0.307. The zero-order valence-electron chi connectivity index (χ0n) is 24.6. The molecule has 0 amide bonds.